The number of benzene rings is 1. The number of nitrogens with zero attached hydrogens (tertiary/aromatic N) is 2. The minimum Gasteiger partial charge on any atom is -0.383 e. The van der Waals surface area contributed by atoms with Gasteiger partial charge in [0.05, 0.1) is 10.9 Å². The lowest BCUT2D eigenvalue weighted by molar-refractivity contribution is 0.637. The van der Waals surface area contributed by atoms with Crippen LogP contribution >= 0.6 is 0 Å². The molecule has 2 aromatic rings. The Morgan fingerprint density at radius 2 is 1.94 bits per heavy atom. The highest BCUT2D eigenvalue weighted by molar-refractivity contribution is 5.88. The van der Waals surface area contributed by atoms with Gasteiger partial charge in [-0.05, 0) is 25.0 Å². The Hall–Kier alpha value is -1.71. The van der Waals surface area contributed by atoms with Crippen LogP contribution in [0.15, 0.2) is 18.2 Å². The van der Waals surface area contributed by atoms with Gasteiger partial charge in [-0.25, -0.2) is 14.4 Å². The molecule has 1 heterocycles. The summed E-state index contributed by atoms with van der Waals surface area (Å²) in [7, 11) is 0. The van der Waals surface area contributed by atoms with Crippen molar-refractivity contribution in [2.45, 2.75) is 31.6 Å². The Morgan fingerprint density at radius 3 is 2.71 bits per heavy atom. The van der Waals surface area contributed by atoms with Crippen molar-refractivity contribution >= 4 is 16.7 Å². The average molecular weight is 231 g/mol. The number of halogens is 1. The molecule has 4 heteroatoms. The molecular weight excluding hydrogens is 217 g/mol. The van der Waals surface area contributed by atoms with Gasteiger partial charge in [0.15, 0.2) is 0 Å². The Morgan fingerprint density at radius 1 is 1.18 bits per heavy atom. The molecule has 2 N–H and O–H groups in total. The Kier molecular flexibility index (Phi) is 2.42. The fraction of sp³-hybridized carbons (Fsp3) is 0.385. The zero-order valence-corrected chi connectivity index (χ0v) is 9.49. The highest BCUT2D eigenvalue weighted by Gasteiger charge is 2.21. The van der Waals surface area contributed by atoms with Gasteiger partial charge in [0.25, 0.3) is 0 Å². The first-order valence-corrected chi connectivity index (χ1v) is 5.97. The van der Waals surface area contributed by atoms with Gasteiger partial charge in [-0.2, -0.15) is 0 Å². The minimum absolute atomic E-state index is 0.259. The molecule has 88 valence electrons. The number of nitrogens with two attached hydrogens (primary N) is 1. The van der Waals surface area contributed by atoms with Crippen LogP contribution in [0.5, 0.6) is 0 Å². The predicted molar refractivity (Wildman–Crippen MR) is 65.1 cm³/mol. The first-order valence-electron chi connectivity index (χ1n) is 5.97. The summed E-state index contributed by atoms with van der Waals surface area (Å²) in [4.78, 5) is 8.72. The first kappa shape index (κ1) is 10.4. The van der Waals surface area contributed by atoms with Gasteiger partial charge in [0.2, 0.25) is 0 Å². The second kappa shape index (κ2) is 3.95. The van der Waals surface area contributed by atoms with Crippen LogP contribution in [0.3, 0.4) is 0 Å². The largest absolute Gasteiger partial charge is 0.383 e. The van der Waals surface area contributed by atoms with E-state index in [1.165, 1.54) is 18.9 Å². The number of fused-ring (bicyclic) bond motifs is 1. The van der Waals surface area contributed by atoms with E-state index >= 15 is 0 Å². The van der Waals surface area contributed by atoms with Crippen molar-refractivity contribution in [3.8, 4) is 0 Å². The van der Waals surface area contributed by atoms with Crippen molar-refractivity contribution in [2.75, 3.05) is 5.73 Å². The molecule has 0 atom stereocenters. The van der Waals surface area contributed by atoms with Crippen LogP contribution < -0.4 is 5.73 Å². The van der Waals surface area contributed by atoms with Crippen LogP contribution in [-0.2, 0) is 0 Å². The van der Waals surface area contributed by atoms with E-state index in [1.807, 2.05) is 0 Å². The lowest BCUT2D eigenvalue weighted by Gasteiger charge is -2.10. The van der Waals surface area contributed by atoms with Gasteiger partial charge in [0.1, 0.15) is 17.5 Å². The lowest BCUT2D eigenvalue weighted by atomic mass is 10.1. The van der Waals surface area contributed by atoms with Crippen LogP contribution in [-0.4, -0.2) is 9.97 Å². The van der Waals surface area contributed by atoms with E-state index < -0.39 is 0 Å². The molecule has 0 radical (unpaired) electrons. The van der Waals surface area contributed by atoms with Crippen molar-refractivity contribution in [3.63, 3.8) is 0 Å². The molecule has 0 bridgehead atoms. The molecule has 1 fully saturated rings. The molecule has 1 aromatic heterocycles. The van der Waals surface area contributed by atoms with Crippen LogP contribution in [0.25, 0.3) is 10.9 Å². The number of hydrogen-bond donors (Lipinski definition) is 1. The van der Waals surface area contributed by atoms with Gasteiger partial charge in [-0.1, -0.05) is 18.9 Å². The second-order valence-electron chi connectivity index (χ2n) is 4.58. The smallest absolute Gasteiger partial charge is 0.138 e. The number of anilines is 1. The zero-order chi connectivity index (χ0) is 11.8. The van der Waals surface area contributed by atoms with Crippen LogP contribution in [0.2, 0.25) is 0 Å². The third-order valence-corrected chi connectivity index (χ3v) is 3.44. The molecule has 3 nitrogen and oxygen atoms in total. The fourth-order valence-corrected chi connectivity index (χ4v) is 2.55. The summed E-state index contributed by atoms with van der Waals surface area (Å²) in [5.74, 6) is 1.08. The van der Waals surface area contributed by atoms with E-state index in [-0.39, 0.29) is 11.6 Å². The number of aromatic nitrogens is 2. The molecule has 3 rings (SSSR count). The first-order chi connectivity index (χ1) is 8.25. The Bertz CT molecular complexity index is 562. The van der Waals surface area contributed by atoms with E-state index in [9.17, 15) is 4.39 Å². The van der Waals surface area contributed by atoms with Gasteiger partial charge < -0.3 is 5.73 Å². The highest BCUT2D eigenvalue weighted by Crippen LogP contribution is 2.33. The molecule has 0 amide bonds. The summed E-state index contributed by atoms with van der Waals surface area (Å²) in [6.45, 7) is 0. The number of nitrogen functional groups attached to an aromatic ring is 1. The van der Waals surface area contributed by atoms with Crippen molar-refractivity contribution in [2.24, 2.45) is 0 Å². The Labute approximate surface area is 98.9 Å². The third kappa shape index (κ3) is 1.73. The predicted octanol–water partition coefficient (Wildman–Crippen LogP) is 3.01. The maximum atomic E-state index is 13.6. The van der Waals surface area contributed by atoms with E-state index in [0.717, 1.165) is 18.7 Å². The lowest BCUT2D eigenvalue weighted by Crippen LogP contribution is -2.05. The van der Waals surface area contributed by atoms with Gasteiger partial charge in [-0.3, -0.25) is 0 Å². The summed E-state index contributed by atoms with van der Waals surface area (Å²) >= 11 is 0. The molecule has 1 saturated carbocycles. The maximum absolute atomic E-state index is 13.6. The van der Waals surface area contributed by atoms with Crippen LogP contribution in [0.4, 0.5) is 10.2 Å². The molecule has 1 aliphatic rings. The molecule has 0 saturated heterocycles. The molecule has 17 heavy (non-hydrogen) atoms. The monoisotopic (exact) mass is 231 g/mol. The Balaban J connectivity index is 2.17. The van der Waals surface area contributed by atoms with E-state index in [2.05, 4.69) is 9.97 Å². The van der Waals surface area contributed by atoms with E-state index in [0.29, 0.717) is 16.8 Å². The van der Waals surface area contributed by atoms with Crippen LogP contribution in [0.1, 0.15) is 37.4 Å². The summed E-state index contributed by atoms with van der Waals surface area (Å²) in [5, 5.41) is 0.342. The number of rotatable bonds is 1. The minimum atomic E-state index is -0.349. The van der Waals surface area contributed by atoms with Crippen LogP contribution in [0, 0.1) is 5.82 Å². The van der Waals surface area contributed by atoms with Crippen molar-refractivity contribution in [1.82, 2.24) is 9.97 Å². The highest BCUT2D eigenvalue weighted by atomic mass is 19.1. The van der Waals surface area contributed by atoms with Gasteiger partial charge in [0, 0.05) is 5.92 Å². The quantitative estimate of drug-likeness (QED) is 0.820. The standard InChI is InChI=1S/C13H14FN3/c14-9-6-3-7-10-11(9)12(15)17-13(16-10)8-4-1-2-5-8/h3,6-8H,1-2,4-5H2,(H2,15,16,17). The third-order valence-electron chi connectivity index (χ3n) is 3.44. The molecule has 1 aromatic carbocycles. The zero-order valence-electron chi connectivity index (χ0n) is 9.49. The number of hydrogen-bond acceptors (Lipinski definition) is 3. The summed E-state index contributed by atoms with van der Waals surface area (Å²) in [6, 6.07) is 4.83. The SMILES string of the molecule is Nc1nc(C2CCCC2)nc2cccc(F)c12. The molecule has 0 aliphatic heterocycles. The topological polar surface area (TPSA) is 51.8 Å². The molecule has 0 unspecified atom stereocenters. The van der Waals surface area contributed by atoms with Crippen molar-refractivity contribution < 1.29 is 4.39 Å². The summed E-state index contributed by atoms with van der Waals surface area (Å²) < 4.78 is 13.6. The van der Waals surface area contributed by atoms with Crippen molar-refractivity contribution in [1.29, 1.82) is 0 Å². The molecule has 0 spiro atoms. The normalized spacial score (nSPS) is 16.8. The summed E-state index contributed by atoms with van der Waals surface area (Å²) in [5.41, 5.74) is 6.44. The van der Waals surface area contributed by atoms with Gasteiger partial charge in [-0.15, -0.1) is 0 Å². The van der Waals surface area contributed by atoms with E-state index in [4.69, 9.17) is 5.73 Å². The molecular formula is C13H14FN3. The average Bonchev–Trinajstić information content (AvgIpc) is 2.81. The maximum Gasteiger partial charge on any atom is 0.138 e. The molecule has 1 aliphatic carbocycles. The second-order valence-corrected chi connectivity index (χ2v) is 4.58. The fourth-order valence-electron chi connectivity index (χ4n) is 2.55. The van der Waals surface area contributed by atoms with Gasteiger partial charge >= 0.3 is 0 Å². The summed E-state index contributed by atoms with van der Waals surface area (Å²) in [6.07, 6.45) is 4.66. The van der Waals surface area contributed by atoms with E-state index in [1.54, 1.807) is 12.1 Å². The van der Waals surface area contributed by atoms with Crippen molar-refractivity contribution in [3.05, 3.63) is 29.8 Å².